The molecule has 2 heterocycles. The molecule has 0 radical (unpaired) electrons. The average Bonchev–Trinajstić information content (AvgIpc) is 3.04. The van der Waals surface area contributed by atoms with Gasteiger partial charge in [-0.05, 0) is 38.6 Å². The molecule has 1 fully saturated rings. The predicted octanol–water partition coefficient (Wildman–Crippen LogP) is 2.79. The third-order valence-corrected chi connectivity index (χ3v) is 4.21. The van der Waals surface area contributed by atoms with Gasteiger partial charge in [0.1, 0.15) is 5.60 Å². The Balaban J connectivity index is 2.23. The van der Waals surface area contributed by atoms with Crippen LogP contribution in [0.4, 0.5) is 0 Å². The van der Waals surface area contributed by atoms with Gasteiger partial charge < -0.3 is 14.6 Å². The minimum atomic E-state index is -0.404. The summed E-state index contributed by atoms with van der Waals surface area (Å²) in [5.41, 5.74) is -0.404. The van der Waals surface area contributed by atoms with Crippen LogP contribution in [0.15, 0.2) is 4.52 Å². The maximum Gasteiger partial charge on any atom is 0.244 e. The zero-order valence-electron chi connectivity index (χ0n) is 12.4. The standard InChI is InChI=1S/C14H25N3O2/c1-5-14(6-2,18-7-3)13-16-12(19-17-13)11-10(4)8-9-15-11/h10-11,15H,5-9H2,1-4H3. The Morgan fingerprint density at radius 3 is 2.63 bits per heavy atom. The Bertz CT molecular complexity index is 401. The molecular formula is C14H25N3O2. The summed E-state index contributed by atoms with van der Waals surface area (Å²) in [6, 6.07) is 0.189. The summed E-state index contributed by atoms with van der Waals surface area (Å²) in [6.07, 6.45) is 2.86. The molecule has 1 aromatic heterocycles. The van der Waals surface area contributed by atoms with E-state index >= 15 is 0 Å². The fourth-order valence-electron chi connectivity index (χ4n) is 2.82. The van der Waals surface area contributed by atoms with Crippen molar-refractivity contribution in [1.82, 2.24) is 15.5 Å². The second-order valence-electron chi connectivity index (χ2n) is 5.29. The van der Waals surface area contributed by atoms with Gasteiger partial charge in [-0.25, -0.2) is 0 Å². The molecule has 108 valence electrons. The van der Waals surface area contributed by atoms with E-state index in [1.54, 1.807) is 0 Å². The number of aromatic nitrogens is 2. The Hall–Kier alpha value is -0.940. The van der Waals surface area contributed by atoms with Crippen LogP contribution in [-0.2, 0) is 10.3 Å². The first-order valence-electron chi connectivity index (χ1n) is 7.38. The molecule has 0 bridgehead atoms. The molecule has 2 unspecified atom stereocenters. The van der Waals surface area contributed by atoms with Crippen molar-refractivity contribution in [3.05, 3.63) is 11.7 Å². The fraction of sp³-hybridized carbons (Fsp3) is 0.857. The molecule has 1 aliphatic heterocycles. The van der Waals surface area contributed by atoms with Gasteiger partial charge in [-0.15, -0.1) is 0 Å². The molecule has 1 aromatic rings. The van der Waals surface area contributed by atoms with Crippen molar-refractivity contribution >= 4 is 0 Å². The fourth-order valence-corrected chi connectivity index (χ4v) is 2.82. The monoisotopic (exact) mass is 267 g/mol. The van der Waals surface area contributed by atoms with Crippen molar-refractivity contribution < 1.29 is 9.26 Å². The summed E-state index contributed by atoms with van der Waals surface area (Å²) in [6.45, 7) is 10.1. The second kappa shape index (κ2) is 6.01. The van der Waals surface area contributed by atoms with Crippen molar-refractivity contribution in [3.8, 4) is 0 Å². The molecule has 5 heteroatoms. The van der Waals surface area contributed by atoms with Crippen LogP contribution in [0, 0.1) is 5.92 Å². The average molecular weight is 267 g/mol. The van der Waals surface area contributed by atoms with Gasteiger partial charge in [0.15, 0.2) is 0 Å². The third-order valence-electron chi connectivity index (χ3n) is 4.21. The predicted molar refractivity (Wildman–Crippen MR) is 72.7 cm³/mol. The molecule has 0 spiro atoms. The van der Waals surface area contributed by atoms with E-state index < -0.39 is 5.60 Å². The van der Waals surface area contributed by atoms with E-state index in [9.17, 15) is 0 Å². The van der Waals surface area contributed by atoms with Crippen LogP contribution in [0.25, 0.3) is 0 Å². The summed E-state index contributed by atoms with van der Waals surface area (Å²) in [7, 11) is 0. The van der Waals surface area contributed by atoms with Crippen molar-refractivity contribution in [2.45, 2.75) is 58.6 Å². The highest BCUT2D eigenvalue weighted by molar-refractivity contribution is 5.04. The van der Waals surface area contributed by atoms with E-state index in [-0.39, 0.29) is 6.04 Å². The van der Waals surface area contributed by atoms with Crippen LogP contribution in [-0.4, -0.2) is 23.3 Å². The molecule has 0 amide bonds. The van der Waals surface area contributed by atoms with Crippen LogP contribution >= 0.6 is 0 Å². The van der Waals surface area contributed by atoms with Gasteiger partial charge in [0.05, 0.1) is 6.04 Å². The highest BCUT2D eigenvalue weighted by Gasteiger charge is 2.37. The van der Waals surface area contributed by atoms with Crippen molar-refractivity contribution in [1.29, 1.82) is 0 Å². The molecule has 1 aliphatic rings. The normalized spacial score (nSPS) is 24.0. The molecule has 0 saturated carbocycles. The third kappa shape index (κ3) is 2.67. The van der Waals surface area contributed by atoms with Crippen molar-refractivity contribution in [2.75, 3.05) is 13.2 Å². The lowest BCUT2D eigenvalue weighted by Gasteiger charge is -2.27. The van der Waals surface area contributed by atoms with E-state index in [2.05, 4.69) is 36.2 Å². The quantitative estimate of drug-likeness (QED) is 0.858. The molecule has 2 rings (SSSR count). The highest BCUT2D eigenvalue weighted by Crippen LogP contribution is 2.33. The number of hydrogen-bond acceptors (Lipinski definition) is 5. The summed E-state index contributed by atoms with van der Waals surface area (Å²) in [5, 5.41) is 7.60. The lowest BCUT2D eigenvalue weighted by molar-refractivity contribution is -0.0583. The Morgan fingerprint density at radius 1 is 1.37 bits per heavy atom. The molecular weight excluding hydrogens is 242 g/mol. The smallest absolute Gasteiger partial charge is 0.244 e. The zero-order chi connectivity index (χ0) is 13.9. The molecule has 1 saturated heterocycles. The lowest BCUT2D eigenvalue weighted by atomic mass is 9.96. The molecule has 1 N–H and O–H groups in total. The first-order valence-corrected chi connectivity index (χ1v) is 7.38. The number of rotatable bonds is 6. The van der Waals surface area contributed by atoms with Gasteiger partial charge in [0.2, 0.25) is 11.7 Å². The van der Waals surface area contributed by atoms with E-state index in [0.717, 1.165) is 25.8 Å². The summed E-state index contributed by atoms with van der Waals surface area (Å²) >= 11 is 0. The van der Waals surface area contributed by atoms with Crippen LogP contribution in [0.5, 0.6) is 0 Å². The van der Waals surface area contributed by atoms with Crippen molar-refractivity contribution in [3.63, 3.8) is 0 Å². The summed E-state index contributed by atoms with van der Waals surface area (Å²) in [5.74, 6) is 1.93. The molecule has 2 atom stereocenters. The molecule has 0 aliphatic carbocycles. The minimum Gasteiger partial charge on any atom is -0.367 e. The first-order chi connectivity index (χ1) is 9.16. The highest BCUT2D eigenvalue weighted by atomic mass is 16.5. The SMILES string of the molecule is CCOC(CC)(CC)c1noc(C2NCCC2C)n1. The number of hydrogen-bond donors (Lipinski definition) is 1. The Kier molecular flexibility index (Phi) is 4.58. The first kappa shape index (κ1) is 14.5. The molecule has 19 heavy (non-hydrogen) atoms. The van der Waals surface area contributed by atoms with Gasteiger partial charge >= 0.3 is 0 Å². The maximum absolute atomic E-state index is 5.91. The number of nitrogens with one attached hydrogen (secondary N) is 1. The van der Waals surface area contributed by atoms with Gasteiger partial charge in [0.25, 0.3) is 0 Å². The zero-order valence-corrected chi connectivity index (χ0v) is 12.4. The van der Waals surface area contributed by atoms with Crippen molar-refractivity contribution in [2.24, 2.45) is 5.92 Å². The summed E-state index contributed by atoms with van der Waals surface area (Å²) in [4.78, 5) is 4.61. The lowest BCUT2D eigenvalue weighted by Crippen LogP contribution is -2.30. The van der Waals surface area contributed by atoms with Gasteiger partial charge in [-0.1, -0.05) is 25.9 Å². The summed E-state index contributed by atoms with van der Waals surface area (Å²) < 4.78 is 11.4. The van der Waals surface area contributed by atoms with Crippen LogP contribution in [0.1, 0.15) is 64.7 Å². The molecule has 0 aromatic carbocycles. The number of ether oxygens (including phenoxy) is 1. The van der Waals surface area contributed by atoms with Crippen LogP contribution in [0.2, 0.25) is 0 Å². The van der Waals surface area contributed by atoms with E-state index in [4.69, 9.17) is 9.26 Å². The van der Waals surface area contributed by atoms with E-state index in [1.165, 1.54) is 0 Å². The maximum atomic E-state index is 5.91. The van der Waals surface area contributed by atoms with E-state index in [0.29, 0.717) is 24.2 Å². The number of nitrogens with zero attached hydrogens (tertiary/aromatic N) is 2. The van der Waals surface area contributed by atoms with Gasteiger partial charge in [-0.2, -0.15) is 4.98 Å². The van der Waals surface area contributed by atoms with E-state index in [1.807, 2.05) is 6.92 Å². The Morgan fingerprint density at radius 2 is 2.11 bits per heavy atom. The second-order valence-corrected chi connectivity index (χ2v) is 5.29. The molecule has 5 nitrogen and oxygen atoms in total. The van der Waals surface area contributed by atoms with Crippen LogP contribution < -0.4 is 5.32 Å². The minimum absolute atomic E-state index is 0.189. The van der Waals surface area contributed by atoms with Gasteiger partial charge in [0, 0.05) is 6.61 Å². The van der Waals surface area contributed by atoms with Gasteiger partial charge in [-0.3, -0.25) is 0 Å². The topological polar surface area (TPSA) is 60.2 Å². The largest absolute Gasteiger partial charge is 0.367 e. The van der Waals surface area contributed by atoms with Crippen LogP contribution in [0.3, 0.4) is 0 Å². The Labute approximate surface area is 115 Å².